The topological polar surface area (TPSA) is 151 Å². The van der Waals surface area contributed by atoms with Crippen LogP contribution in [-0.4, -0.2) is 66.3 Å². The number of carbonyl (C=O) groups excluding carboxylic acids is 1. The highest BCUT2D eigenvalue weighted by Crippen LogP contribution is 2.38. The molecule has 25 heavy (non-hydrogen) atoms. The fourth-order valence-corrected chi connectivity index (χ4v) is 3.57. The van der Waals surface area contributed by atoms with Gasteiger partial charge in [0.05, 0.1) is 12.1 Å². The fraction of sp³-hybridized carbons (Fsp3) is 0.692. The number of nitrogens with zero attached hydrogens (tertiary/aromatic N) is 3. The monoisotopic (exact) mass is 375 g/mol. The van der Waals surface area contributed by atoms with Crippen molar-refractivity contribution in [1.29, 1.82) is 0 Å². The number of rotatable bonds is 8. The molecule has 0 saturated carbocycles. The Labute approximate surface area is 145 Å². The summed E-state index contributed by atoms with van der Waals surface area (Å²) in [6.07, 6.45) is 1.77. The Bertz CT molecular complexity index is 722. The third kappa shape index (κ3) is 4.10. The smallest absolute Gasteiger partial charge is 0.361 e. The average molecular weight is 375 g/mol. The minimum absolute atomic E-state index is 0.305. The van der Waals surface area contributed by atoms with E-state index in [9.17, 15) is 13.2 Å². The second kappa shape index (κ2) is 7.25. The molecule has 2 bridgehead atoms. The number of hydroxylamine groups is 2. The van der Waals surface area contributed by atoms with E-state index in [1.807, 2.05) is 0 Å². The van der Waals surface area contributed by atoms with Crippen LogP contribution in [-0.2, 0) is 21.1 Å². The van der Waals surface area contributed by atoms with E-state index in [-0.39, 0.29) is 6.04 Å². The molecule has 2 saturated heterocycles. The van der Waals surface area contributed by atoms with Crippen LogP contribution in [0.2, 0.25) is 0 Å². The number of urea groups is 1. The van der Waals surface area contributed by atoms with Gasteiger partial charge in [-0.25, -0.2) is 4.79 Å². The normalized spacial score (nSPS) is 23.5. The Morgan fingerprint density at radius 2 is 2.24 bits per heavy atom. The van der Waals surface area contributed by atoms with E-state index >= 15 is 0 Å². The van der Waals surface area contributed by atoms with Crippen LogP contribution in [0.3, 0.4) is 0 Å². The zero-order valence-corrected chi connectivity index (χ0v) is 14.3. The Morgan fingerprint density at radius 3 is 2.96 bits per heavy atom. The number of hydrogen-bond donors (Lipinski definition) is 3. The fourth-order valence-electron chi connectivity index (χ4n) is 3.18. The molecule has 12 heteroatoms. The van der Waals surface area contributed by atoms with Crippen molar-refractivity contribution in [2.75, 3.05) is 26.2 Å². The van der Waals surface area contributed by atoms with Gasteiger partial charge in [0.25, 0.3) is 0 Å². The molecule has 0 radical (unpaired) electrons. The quantitative estimate of drug-likeness (QED) is 0.401. The first-order chi connectivity index (χ1) is 11.9. The summed E-state index contributed by atoms with van der Waals surface area (Å²) in [5, 5.41) is 7.91. The molecule has 11 nitrogen and oxygen atoms in total. The number of piperidine rings is 1. The van der Waals surface area contributed by atoms with Crippen LogP contribution in [0.5, 0.6) is 0 Å². The van der Waals surface area contributed by atoms with Gasteiger partial charge in [0, 0.05) is 38.7 Å². The molecule has 2 atom stereocenters. The highest BCUT2D eigenvalue weighted by Gasteiger charge is 2.48. The molecule has 0 aliphatic carbocycles. The molecule has 1 aromatic rings. The highest BCUT2D eigenvalue weighted by atomic mass is 32.3. The summed E-state index contributed by atoms with van der Waals surface area (Å²) in [6, 6.07) is 0.458. The number of fused-ring (bicyclic) bond motifs is 2. The third-order valence-corrected chi connectivity index (χ3v) is 4.63. The van der Waals surface area contributed by atoms with Crippen molar-refractivity contribution in [3.8, 4) is 0 Å². The van der Waals surface area contributed by atoms with Gasteiger partial charge in [-0.15, -0.1) is 4.28 Å². The van der Waals surface area contributed by atoms with Gasteiger partial charge in [-0.1, -0.05) is 5.16 Å². The van der Waals surface area contributed by atoms with Crippen LogP contribution in [0.15, 0.2) is 10.6 Å². The molecule has 4 N–H and O–H groups in total. The standard InChI is InChI=1S/C13H21N5O6S/c14-4-6-15-5-3-10-7-11(16-23-10)12-2-1-9-8-17(12)13(19)18(9)24-25(20,21)22/h7,9,12,15H,1-6,8,14H2,(H,20,21,22)/t9-,12-/m1/s1. The van der Waals surface area contributed by atoms with Crippen LogP contribution in [0.1, 0.15) is 30.3 Å². The van der Waals surface area contributed by atoms with E-state index in [4.69, 9.17) is 14.8 Å². The largest absolute Gasteiger partial charge is 0.418 e. The second-order valence-electron chi connectivity index (χ2n) is 6.02. The van der Waals surface area contributed by atoms with Gasteiger partial charge in [0.2, 0.25) is 0 Å². The third-order valence-electron chi connectivity index (χ3n) is 4.29. The van der Waals surface area contributed by atoms with Crippen molar-refractivity contribution in [2.24, 2.45) is 5.73 Å². The molecule has 3 rings (SSSR count). The number of carbonyl (C=O) groups is 1. The second-order valence-corrected chi connectivity index (χ2v) is 7.02. The molecule has 0 unspecified atom stereocenters. The number of nitrogens with two attached hydrogens (primary N) is 1. The van der Waals surface area contributed by atoms with Crippen LogP contribution in [0.25, 0.3) is 0 Å². The molecule has 3 heterocycles. The van der Waals surface area contributed by atoms with Gasteiger partial charge in [-0.2, -0.15) is 13.5 Å². The van der Waals surface area contributed by atoms with Gasteiger partial charge >= 0.3 is 16.4 Å². The van der Waals surface area contributed by atoms with Gasteiger partial charge in [-0.3, -0.25) is 4.55 Å². The number of aromatic nitrogens is 1. The Morgan fingerprint density at radius 1 is 1.44 bits per heavy atom. The molecular formula is C13H21N5O6S. The van der Waals surface area contributed by atoms with Crippen molar-refractivity contribution in [3.63, 3.8) is 0 Å². The van der Waals surface area contributed by atoms with Crippen molar-refractivity contribution in [1.82, 2.24) is 20.4 Å². The molecule has 2 fully saturated rings. The molecule has 2 amide bonds. The minimum Gasteiger partial charge on any atom is -0.361 e. The van der Waals surface area contributed by atoms with Crippen LogP contribution in [0, 0.1) is 0 Å². The van der Waals surface area contributed by atoms with Crippen LogP contribution in [0.4, 0.5) is 4.79 Å². The first kappa shape index (κ1) is 18.1. The molecule has 2 aliphatic rings. The minimum atomic E-state index is -4.74. The highest BCUT2D eigenvalue weighted by molar-refractivity contribution is 7.80. The van der Waals surface area contributed by atoms with E-state index in [2.05, 4.69) is 14.8 Å². The van der Waals surface area contributed by atoms with E-state index in [0.29, 0.717) is 55.4 Å². The van der Waals surface area contributed by atoms with E-state index in [0.717, 1.165) is 6.54 Å². The number of amides is 2. The van der Waals surface area contributed by atoms with Crippen LogP contribution < -0.4 is 11.1 Å². The van der Waals surface area contributed by atoms with Gasteiger partial charge in [0.15, 0.2) is 0 Å². The maximum absolute atomic E-state index is 12.4. The summed E-state index contributed by atoms with van der Waals surface area (Å²) in [7, 11) is -4.74. The first-order valence-corrected chi connectivity index (χ1v) is 9.38. The van der Waals surface area contributed by atoms with Gasteiger partial charge in [-0.05, 0) is 12.8 Å². The first-order valence-electron chi connectivity index (χ1n) is 8.02. The Hall–Kier alpha value is -1.73. The van der Waals surface area contributed by atoms with Crippen LogP contribution >= 0.6 is 0 Å². The predicted molar refractivity (Wildman–Crippen MR) is 84.5 cm³/mol. The lowest BCUT2D eigenvalue weighted by atomic mass is 9.98. The van der Waals surface area contributed by atoms with E-state index in [1.54, 1.807) is 6.07 Å². The van der Waals surface area contributed by atoms with Gasteiger partial charge < -0.3 is 20.5 Å². The zero-order chi connectivity index (χ0) is 18.0. The number of nitrogens with one attached hydrogen (secondary N) is 1. The maximum atomic E-state index is 12.4. The van der Waals surface area contributed by atoms with Crippen molar-refractivity contribution in [2.45, 2.75) is 31.3 Å². The van der Waals surface area contributed by atoms with E-state index in [1.165, 1.54) is 4.90 Å². The lowest BCUT2D eigenvalue weighted by Crippen LogP contribution is -2.35. The van der Waals surface area contributed by atoms with Crippen molar-refractivity contribution < 1.29 is 26.6 Å². The molecule has 2 aliphatic heterocycles. The maximum Gasteiger partial charge on any atom is 0.418 e. The number of hydrogen-bond acceptors (Lipinski definition) is 8. The summed E-state index contributed by atoms with van der Waals surface area (Å²) in [6.45, 7) is 2.29. The summed E-state index contributed by atoms with van der Waals surface area (Å²) >= 11 is 0. The lowest BCUT2D eigenvalue weighted by Gasteiger charge is -2.28. The summed E-state index contributed by atoms with van der Waals surface area (Å²) in [4.78, 5) is 13.9. The Kier molecular flexibility index (Phi) is 5.24. The van der Waals surface area contributed by atoms with E-state index < -0.39 is 22.5 Å². The molecule has 0 spiro atoms. The van der Waals surface area contributed by atoms with Gasteiger partial charge in [0.1, 0.15) is 11.5 Å². The van der Waals surface area contributed by atoms with Crippen molar-refractivity contribution in [3.05, 3.63) is 17.5 Å². The molecule has 1 aromatic heterocycles. The SMILES string of the molecule is NCCNCCc1cc([C@H]2CC[C@@H]3CN2C(=O)N3OS(=O)(=O)O)no1. The summed E-state index contributed by atoms with van der Waals surface area (Å²) in [5.74, 6) is 0.694. The zero-order valence-electron chi connectivity index (χ0n) is 13.5. The molecule has 0 aromatic carbocycles. The summed E-state index contributed by atoms with van der Waals surface area (Å²) in [5.41, 5.74) is 6.02. The predicted octanol–water partition coefficient (Wildman–Crippen LogP) is -0.559. The Balaban J connectivity index is 1.65. The molecule has 140 valence electrons. The average Bonchev–Trinajstić information content (AvgIpc) is 3.11. The summed E-state index contributed by atoms with van der Waals surface area (Å²) < 4.78 is 40.3. The van der Waals surface area contributed by atoms with Crippen molar-refractivity contribution >= 4 is 16.4 Å². The lowest BCUT2D eigenvalue weighted by molar-refractivity contribution is -0.0317. The molecular weight excluding hydrogens is 354 g/mol.